The highest BCUT2D eigenvalue weighted by Gasteiger charge is 2.18. The summed E-state index contributed by atoms with van der Waals surface area (Å²) in [6, 6.07) is 9.90. The number of nitro benzene ring substituents is 1. The molecule has 0 saturated carbocycles. The number of nitrogens with one attached hydrogen (secondary N) is 1. The minimum atomic E-state index is -0.531. The maximum absolute atomic E-state index is 12.2. The number of para-hydroxylation sites is 2. The second kappa shape index (κ2) is 8.60. The van der Waals surface area contributed by atoms with Gasteiger partial charge in [-0.1, -0.05) is 36.0 Å². The molecule has 2 heterocycles. The molecule has 0 bridgehead atoms. The molecule has 0 aliphatic carbocycles. The standard InChI is InChI=1S/C17H15N5O3S2/c1-2-9-21-16(14-8-5-10-26-14)19-20-17(21)27-11-15(23)18-12-6-3-4-7-13(12)22(24)25/h2-8,10H,1,9,11H2,(H,18,23). The highest BCUT2D eigenvalue weighted by molar-refractivity contribution is 7.99. The van der Waals surface area contributed by atoms with E-state index in [2.05, 4.69) is 22.1 Å². The number of hydrogen-bond donors (Lipinski definition) is 1. The number of thiophene rings is 1. The number of rotatable bonds is 8. The Bertz CT molecular complexity index is 969. The van der Waals surface area contributed by atoms with E-state index in [0.717, 1.165) is 4.88 Å². The van der Waals surface area contributed by atoms with Crippen LogP contribution < -0.4 is 5.32 Å². The van der Waals surface area contributed by atoms with Crippen LogP contribution in [0, 0.1) is 10.1 Å². The predicted molar refractivity (Wildman–Crippen MR) is 106 cm³/mol. The second-order valence-electron chi connectivity index (χ2n) is 5.29. The van der Waals surface area contributed by atoms with E-state index in [1.165, 1.54) is 23.9 Å². The summed E-state index contributed by atoms with van der Waals surface area (Å²) in [4.78, 5) is 23.7. The van der Waals surface area contributed by atoms with E-state index >= 15 is 0 Å². The molecule has 138 valence electrons. The third-order valence-electron chi connectivity index (χ3n) is 3.48. The zero-order valence-corrected chi connectivity index (χ0v) is 15.7. The average Bonchev–Trinajstić information content (AvgIpc) is 3.30. The van der Waals surface area contributed by atoms with Crippen LogP contribution >= 0.6 is 23.1 Å². The Labute approximate surface area is 163 Å². The van der Waals surface area contributed by atoms with Crippen molar-refractivity contribution < 1.29 is 9.72 Å². The topological polar surface area (TPSA) is 103 Å². The first-order chi connectivity index (χ1) is 13.1. The molecule has 0 radical (unpaired) electrons. The molecule has 1 aromatic carbocycles. The Kier molecular flexibility index (Phi) is 5.99. The van der Waals surface area contributed by atoms with E-state index in [-0.39, 0.29) is 23.0 Å². The fraction of sp³-hybridized carbons (Fsp3) is 0.118. The van der Waals surface area contributed by atoms with E-state index in [1.807, 2.05) is 22.1 Å². The molecule has 3 rings (SSSR count). The van der Waals surface area contributed by atoms with Gasteiger partial charge in [0.2, 0.25) is 5.91 Å². The molecule has 10 heteroatoms. The molecule has 27 heavy (non-hydrogen) atoms. The molecule has 0 aliphatic heterocycles. The van der Waals surface area contributed by atoms with E-state index in [9.17, 15) is 14.9 Å². The first-order valence-electron chi connectivity index (χ1n) is 7.84. The number of amides is 1. The van der Waals surface area contributed by atoms with E-state index in [4.69, 9.17) is 0 Å². The van der Waals surface area contributed by atoms with Crippen molar-refractivity contribution in [2.75, 3.05) is 11.1 Å². The Morgan fingerprint density at radius 2 is 2.15 bits per heavy atom. The van der Waals surface area contributed by atoms with Gasteiger partial charge in [-0.05, 0) is 17.5 Å². The number of nitro groups is 1. The lowest BCUT2D eigenvalue weighted by atomic mass is 10.2. The zero-order chi connectivity index (χ0) is 19.2. The molecule has 0 spiro atoms. The van der Waals surface area contributed by atoms with Gasteiger partial charge in [0.1, 0.15) is 5.69 Å². The van der Waals surface area contributed by atoms with Gasteiger partial charge in [-0.3, -0.25) is 19.5 Å². The van der Waals surface area contributed by atoms with Gasteiger partial charge in [0, 0.05) is 12.6 Å². The number of benzene rings is 1. The van der Waals surface area contributed by atoms with Crippen molar-refractivity contribution in [3.63, 3.8) is 0 Å². The summed E-state index contributed by atoms with van der Waals surface area (Å²) in [7, 11) is 0. The maximum atomic E-state index is 12.2. The lowest BCUT2D eigenvalue weighted by Crippen LogP contribution is -2.15. The molecule has 8 nitrogen and oxygen atoms in total. The van der Waals surface area contributed by atoms with Crippen molar-refractivity contribution in [1.82, 2.24) is 14.8 Å². The summed E-state index contributed by atoms with van der Waals surface area (Å²) in [5.74, 6) is 0.401. The summed E-state index contributed by atoms with van der Waals surface area (Å²) >= 11 is 2.76. The number of hydrogen-bond acceptors (Lipinski definition) is 7. The quantitative estimate of drug-likeness (QED) is 0.266. The fourth-order valence-corrected chi connectivity index (χ4v) is 3.80. The van der Waals surface area contributed by atoms with Gasteiger partial charge in [0.25, 0.3) is 5.69 Å². The maximum Gasteiger partial charge on any atom is 0.292 e. The monoisotopic (exact) mass is 401 g/mol. The summed E-state index contributed by atoms with van der Waals surface area (Å²) in [6.07, 6.45) is 1.73. The van der Waals surface area contributed by atoms with Crippen molar-refractivity contribution in [3.05, 3.63) is 64.5 Å². The van der Waals surface area contributed by atoms with Gasteiger partial charge in [-0.25, -0.2) is 0 Å². The number of carbonyl (C=O) groups is 1. The normalized spacial score (nSPS) is 10.5. The summed E-state index contributed by atoms with van der Waals surface area (Å²) in [5, 5.41) is 24.5. The Hall–Kier alpha value is -2.98. The Morgan fingerprint density at radius 3 is 2.85 bits per heavy atom. The third-order valence-corrected chi connectivity index (χ3v) is 5.31. The Balaban J connectivity index is 1.71. The van der Waals surface area contributed by atoms with Crippen LogP contribution in [0.4, 0.5) is 11.4 Å². The number of allylic oxidation sites excluding steroid dienone is 1. The lowest BCUT2D eigenvalue weighted by Gasteiger charge is -2.07. The number of carbonyl (C=O) groups excluding carboxylic acids is 1. The molecule has 0 saturated heterocycles. The molecule has 3 aromatic rings. The molecule has 1 N–H and O–H groups in total. The molecule has 0 aliphatic rings. The minimum Gasteiger partial charge on any atom is -0.320 e. The smallest absolute Gasteiger partial charge is 0.292 e. The van der Waals surface area contributed by atoms with Gasteiger partial charge in [-0.2, -0.15) is 0 Å². The van der Waals surface area contributed by atoms with Crippen LogP contribution in [0.2, 0.25) is 0 Å². The fourth-order valence-electron chi connectivity index (χ4n) is 2.33. The molecule has 1 amide bonds. The van der Waals surface area contributed by atoms with Crippen molar-refractivity contribution in [2.45, 2.75) is 11.7 Å². The number of anilines is 1. The average molecular weight is 401 g/mol. The minimum absolute atomic E-state index is 0.0474. The van der Waals surface area contributed by atoms with Crippen LogP contribution in [-0.4, -0.2) is 31.3 Å². The van der Waals surface area contributed by atoms with Crippen molar-refractivity contribution in [1.29, 1.82) is 0 Å². The van der Waals surface area contributed by atoms with E-state index in [1.54, 1.807) is 29.5 Å². The molecule has 2 aromatic heterocycles. The molecule has 0 fully saturated rings. The molecule has 0 atom stereocenters. The zero-order valence-electron chi connectivity index (χ0n) is 14.1. The summed E-state index contributed by atoms with van der Waals surface area (Å²) in [5.41, 5.74) is 0.0191. The third kappa shape index (κ3) is 4.41. The van der Waals surface area contributed by atoms with Crippen LogP contribution in [-0.2, 0) is 11.3 Å². The largest absolute Gasteiger partial charge is 0.320 e. The Morgan fingerprint density at radius 1 is 1.33 bits per heavy atom. The number of nitrogens with zero attached hydrogens (tertiary/aromatic N) is 4. The van der Waals surface area contributed by atoms with Crippen LogP contribution in [0.5, 0.6) is 0 Å². The van der Waals surface area contributed by atoms with Gasteiger partial charge < -0.3 is 5.32 Å². The van der Waals surface area contributed by atoms with Crippen molar-refractivity contribution in [2.24, 2.45) is 0 Å². The van der Waals surface area contributed by atoms with Gasteiger partial charge in [0.05, 0.1) is 15.6 Å². The second-order valence-corrected chi connectivity index (χ2v) is 7.18. The van der Waals surface area contributed by atoms with Gasteiger partial charge in [0.15, 0.2) is 11.0 Å². The summed E-state index contributed by atoms with van der Waals surface area (Å²) in [6.45, 7) is 4.26. The number of thioether (sulfide) groups is 1. The first kappa shape index (κ1) is 18.8. The number of aromatic nitrogens is 3. The van der Waals surface area contributed by atoms with E-state index < -0.39 is 4.92 Å². The van der Waals surface area contributed by atoms with Crippen LogP contribution in [0.3, 0.4) is 0 Å². The van der Waals surface area contributed by atoms with Crippen LogP contribution in [0.1, 0.15) is 0 Å². The van der Waals surface area contributed by atoms with Crippen LogP contribution in [0.25, 0.3) is 10.7 Å². The lowest BCUT2D eigenvalue weighted by molar-refractivity contribution is -0.383. The van der Waals surface area contributed by atoms with Gasteiger partial charge in [-0.15, -0.1) is 28.1 Å². The predicted octanol–water partition coefficient (Wildman–Crippen LogP) is 3.83. The van der Waals surface area contributed by atoms with Crippen molar-refractivity contribution in [3.8, 4) is 10.7 Å². The van der Waals surface area contributed by atoms with Gasteiger partial charge >= 0.3 is 0 Å². The first-order valence-corrected chi connectivity index (χ1v) is 9.70. The molecular weight excluding hydrogens is 386 g/mol. The van der Waals surface area contributed by atoms with Crippen molar-refractivity contribution >= 4 is 40.4 Å². The SMILES string of the molecule is C=CCn1c(SCC(=O)Nc2ccccc2[N+](=O)[O-])nnc1-c1cccs1. The molecule has 0 unspecified atom stereocenters. The van der Waals surface area contributed by atoms with Crippen LogP contribution in [0.15, 0.2) is 59.6 Å². The highest BCUT2D eigenvalue weighted by atomic mass is 32.2. The molecular formula is C17H15N5O3S2. The summed E-state index contributed by atoms with van der Waals surface area (Å²) < 4.78 is 1.88. The highest BCUT2D eigenvalue weighted by Crippen LogP contribution is 2.28. The van der Waals surface area contributed by atoms with E-state index in [0.29, 0.717) is 17.5 Å².